The second-order valence-corrected chi connectivity index (χ2v) is 15.8. The molecule has 10 rings (SSSR count). The summed E-state index contributed by atoms with van der Waals surface area (Å²) in [6, 6.07) is 25.9. The van der Waals surface area contributed by atoms with Crippen LogP contribution in [0.5, 0.6) is 11.5 Å². The van der Waals surface area contributed by atoms with Gasteiger partial charge in [-0.05, 0) is 59.2 Å². The van der Waals surface area contributed by atoms with Gasteiger partial charge in [-0.1, -0.05) is 78.9 Å². The van der Waals surface area contributed by atoms with Crippen molar-refractivity contribution in [2.75, 3.05) is 40.6 Å². The van der Waals surface area contributed by atoms with E-state index < -0.39 is 21.7 Å². The maximum Gasteiger partial charge on any atom is 0.118 e. The van der Waals surface area contributed by atoms with Gasteiger partial charge in [-0.2, -0.15) is 0 Å². The molecule has 8 nitrogen and oxygen atoms in total. The molecule has 0 radical (unpaired) electrons. The van der Waals surface area contributed by atoms with E-state index >= 15 is 0 Å². The highest BCUT2D eigenvalue weighted by molar-refractivity contribution is 5.55. The number of aliphatic hydroxyl groups excluding tert-OH is 4. The summed E-state index contributed by atoms with van der Waals surface area (Å²) in [7, 11) is 3.33. The zero-order chi connectivity index (χ0) is 34.5. The van der Waals surface area contributed by atoms with Gasteiger partial charge < -0.3 is 29.9 Å². The molecule has 7 aliphatic rings. The Morgan fingerprint density at radius 2 is 1.06 bits per heavy atom. The number of hydrogen-bond acceptors (Lipinski definition) is 8. The topological polar surface area (TPSA) is 106 Å². The van der Waals surface area contributed by atoms with Crippen molar-refractivity contribution in [1.29, 1.82) is 0 Å². The number of ether oxygens (including phenoxy) is 2. The SMILES string of the molecule is COc1ccc(CN2C3C4(CO)C(c5ccccc5)C5(CO)C2C2(CO)C(C6C=CC=CC6)C3(CO)C4N(Cc3ccc(OC)cc3)C52)cc1. The molecule has 8 bridgehead atoms. The highest BCUT2D eigenvalue weighted by Crippen LogP contribution is 2.91. The minimum absolute atomic E-state index is 0.0495. The number of allylic oxidation sites excluding steroid dienone is 4. The fraction of sp³-hybridized carbons (Fsp3) is 0.476. The molecule has 3 aromatic rings. The van der Waals surface area contributed by atoms with E-state index in [1.54, 1.807) is 14.2 Å². The third kappa shape index (κ3) is 3.62. The van der Waals surface area contributed by atoms with E-state index in [9.17, 15) is 20.4 Å². The molecule has 4 N–H and O–H groups in total. The number of methoxy groups -OCH3 is 2. The zero-order valence-corrected chi connectivity index (χ0v) is 28.8. The van der Waals surface area contributed by atoms with Gasteiger partial charge in [-0.3, -0.25) is 9.80 Å². The summed E-state index contributed by atoms with van der Waals surface area (Å²) in [6.45, 7) is 0.883. The van der Waals surface area contributed by atoms with Crippen molar-refractivity contribution >= 4 is 0 Å². The van der Waals surface area contributed by atoms with Crippen molar-refractivity contribution in [3.05, 3.63) is 120 Å². The first-order chi connectivity index (χ1) is 24.5. The number of aliphatic hydroxyl groups is 4. The normalized spacial score (nSPS) is 40.4. The van der Waals surface area contributed by atoms with Crippen LogP contribution in [-0.4, -0.2) is 95.0 Å². The Balaban J connectivity index is 1.30. The molecule has 0 amide bonds. The van der Waals surface area contributed by atoms with E-state index in [1.807, 2.05) is 30.3 Å². The first-order valence-electron chi connectivity index (χ1n) is 18.1. The Morgan fingerprint density at radius 1 is 0.600 bits per heavy atom. The average molecular weight is 677 g/mol. The lowest BCUT2D eigenvalue weighted by molar-refractivity contribution is -0.508. The molecular weight excluding hydrogens is 628 g/mol. The quantitative estimate of drug-likeness (QED) is 0.228. The van der Waals surface area contributed by atoms with E-state index in [1.165, 1.54) is 0 Å². The zero-order valence-electron chi connectivity index (χ0n) is 28.8. The molecule has 0 spiro atoms. The minimum atomic E-state index is -0.687. The molecule has 4 heterocycles. The van der Waals surface area contributed by atoms with Crippen molar-refractivity contribution in [2.24, 2.45) is 33.5 Å². The number of rotatable bonds is 12. The van der Waals surface area contributed by atoms with Crippen LogP contribution in [0.4, 0.5) is 0 Å². The van der Waals surface area contributed by atoms with Crippen LogP contribution in [0.15, 0.2) is 103 Å². The summed E-state index contributed by atoms with van der Waals surface area (Å²) in [4.78, 5) is 5.05. The monoisotopic (exact) mass is 676 g/mol. The Labute approximate surface area is 294 Å². The van der Waals surface area contributed by atoms with E-state index in [4.69, 9.17) is 9.47 Å². The smallest absolute Gasteiger partial charge is 0.118 e. The van der Waals surface area contributed by atoms with Crippen molar-refractivity contribution < 1.29 is 29.9 Å². The fourth-order valence-electron chi connectivity index (χ4n) is 13.7. The Morgan fingerprint density at radius 3 is 1.44 bits per heavy atom. The van der Waals surface area contributed by atoms with Gasteiger partial charge >= 0.3 is 0 Å². The Hall–Kier alpha value is -3.50. The number of nitrogens with zero attached hydrogens (tertiary/aromatic N) is 2. The Bertz CT molecular complexity index is 1670. The van der Waals surface area contributed by atoms with E-state index in [2.05, 4.69) is 82.6 Å². The Kier molecular flexibility index (Phi) is 7.46. The van der Waals surface area contributed by atoms with Crippen LogP contribution in [0.2, 0.25) is 0 Å². The van der Waals surface area contributed by atoms with Crippen LogP contribution in [0.25, 0.3) is 0 Å². The molecule has 4 saturated heterocycles. The van der Waals surface area contributed by atoms with Crippen molar-refractivity contribution in [3.63, 3.8) is 0 Å². The minimum Gasteiger partial charge on any atom is -0.497 e. The lowest BCUT2D eigenvalue weighted by atomic mass is 9.15. The lowest BCUT2D eigenvalue weighted by Gasteiger charge is -2.99. The highest BCUT2D eigenvalue weighted by Gasteiger charge is 2.99. The van der Waals surface area contributed by atoms with Gasteiger partial charge in [-0.15, -0.1) is 0 Å². The summed E-state index contributed by atoms with van der Waals surface area (Å²) in [5.41, 5.74) is 0.649. The first kappa shape index (κ1) is 32.4. The van der Waals surface area contributed by atoms with Crippen molar-refractivity contribution in [3.8, 4) is 11.5 Å². The van der Waals surface area contributed by atoms with Crippen LogP contribution in [-0.2, 0) is 13.1 Å². The molecule has 2 saturated carbocycles. The molecule has 0 aromatic heterocycles. The van der Waals surface area contributed by atoms with E-state index in [-0.39, 0.29) is 68.3 Å². The third-order valence-electron chi connectivity index (χ3n) is 14.4. The largest absolute Gasteiger partial charge is 0.497 e. The molecule has 6 fully saturated rings. The number of hydrogen-bond donors (Lipinski definition) is 4. The number of piperidine rings is 4. The predicted molar refractivity (Wildman–Crippen MR) is 189 cm³/mol. The summed E-state index contributed by atoms with van der Waals surface area (Å²) >= 11 is 0. The molecule has 3 aromatic carbocycles. The van der Waals surface area contributed by atoms with Crippen LogP contribution >= 0.6 is 0 Å². The number of benzene rings is 3. The van der Waals surface area contributed by atoms with Gasteiger partial charge in [0.15, 0.2) is 0 Å². The fourth-order valence-corrected chi connectivity index (χ4v) is 13.7. The summed E-state index contributed by atoms with van der Waals surface area (Å²) in [5, 5.41) is 48.3. The van der Waals surface area contributed by atoms with Gasteiger partial charge in [0.2, 0.25) is 0 Å². The van der Waals surface area contributed by atoms with Gasteiger partial charge in [0.25, 0.3) is 0 Å². The van der Waals surface area contributed by atoms with Gasteiger partial charge in [0, 0.05) is 64.8 Å². The molecular formula is C42H48N2O6. The third-order valence-corrected chi connectivity index (χ3v) is 14.4. The van der Waals surface area contributed by atoms with Gasteiger partial charge in [0.1, 0.15) is 11.5 Å². The van der Waals surface area contributed by atoms with Gasteiger partial charge in [0.05, 0.1) is 40.6 Å². The second-order valence-electron chi connectivity index (χ2n) is 15.8. The molecule has 8 heteroatoms. The molecule has 4 aliphatic heterocycles. The molecule has 50 heavy (non-hydrogen) atoms. The van der Waals surface area contributed by atoms with Crippen molar-refractivity contribution in [2.45, 2.75) is 49.6 Å². The molecule has 3 aliphatic carbocycles. The molecule has 5 unspecified atom stereocenters. The van der Waals surface area contributed by atoms with E-state index in [0.29, 0.717) is 13.1 Å². The molecule has 5 atom stereocenters. The van der Waals surface area contributed by atoms with Crippen molar-refractivity contribution in [1.82, 2.24) is 9.80 Å². The van der Waals surface area contributed by atoms with Gasteiger partial charge in [-0.25, -0.2) is 0 Å². The standard InChI is InChI=1S/C42H48N2O6/c1-49-31-17-13-27(14-18-31)21-43-35-39(23-45)33(29-9-5-3-6-10-29)40(24-46)36(43)42(26-48)34(30-11-7-4-8-12-30)41(35,25-47)37(39)44(38(40)42)22-28-15-19-32(50-2)20-16-28/h3-11,13-20,30,33-38,45-48H,12,21-26H2,1-2H3. The second kappa shape index (κ2) is 11.5. The molecule has 262 valence electrons. The lowest BCUT2D eigenvalue weighted by Crippen LogP contribution is -3.08. The van der Waals surface area contributed by atoms with Crippen LogP contribution in [0.3, 0.4) is 0 Å². The van der Waals surface area contributed by atoms with Crippen LogP contribution < -0.4 is 9.47 Å². The summed E-state index contributed by atoms with van der Waals surface area (Å²) < 4.78 is 11.0. The maximum absolute atomic E-state index is 12.1. The van der Waals surface area contributed by atoms with Crippen LogP contribution in [0, 0.1) is 33.5 Å². The summed E-state index contributed by atoms with van der Waals surface area (Å²) in [6.07, 6.45) is 9.54. The van der Waals surface area contributed by atoms with Crippen LogP contribution in [0.1, 0.15) is 29.0 Å². The predicted octanol–water partition coefficient (Wildman–Crippen LogP) is 4.00. The highest BCUT2D eigenvalue weighted by atomic mass is 16.5. The maximum atomic E-state index is 12.1. The average Bonchev–Trinajstić information content (AvgIpc) is 3.15. The van der Waals surface area contributed by atoms with E-state index in [0.717, 1.165) is 34.6 Å². The summed E-state index contributed by atoms with van der Waals surface area (Å²) in [5.74, 6) is 1.46. The first-order valence-corrected chi connectivity index (χ1v) is 18.1.